The van der Waals surface area contributed by atoms with Gasteiger partial charge in [-0.1, -0.05) is 11.6 Å². The first-order chi connectivity index (χ1) is 19.4. The summed E-state index contributed by atoms with van der Waals surface area (Å²) in [4.78, 5) is 55.3. The number of hydrogen-bond acceptors (Lipinski definition) is 7. The van der Waals surface area contributed by atoms with Gasteiger partial charge in [0.05, 0.1) is 28.6 Å². The van der Waals surface area contributed by atoms with Crippen LogP contribution in [0, 0.1) is 5.92 Å². The van der Waals surface area contributed by atoms with E-state index in [1.54, 1.807) is 30.5 Å². The molecule has 1 unspecified atom stereocenters. The second kappa shape index (κ2) is 9.55. The van der Waals surface area contributed by atoms with Crippen molar-refractivity contribution in [1.82, 2.24) is 25.0 Å². The number of rotatable bonds is 7. The number of anilines is 1. The van der Waals surface area contributed by atoms with Crippen LogP contribution in [-0.4, -0.2) is 55.9 Å². The van der Waals surface area contributed by atoms with E-state index >= 15 is 0 Å². The monoisotopic (exact) mass is 558 g/mol. The maximum absolute atomic E-state index is 13.1. The first-order valence-corrected chi connectivity index (χ1v) is 14.0. The molecular formula is C29H27ClN6O4. The molecule has 1 aromatic carbocycles. The third-order valence-electron chi connectivity index (χ3n) is 8.34. The van der Waals surface area contributed by atoms with Crippen molar-refractivity contribution >= 4 is 40.9 Å². The van der Waals surface area contributed by atoms with Gasteiger partial charge >= 0.3 is 0 Å². The molecular weight excluding hydrogens is 532 g/mol. The molecule has 3 fully saturated rings. The normalized spacial score (nSPS) is 24.1. The molecule has 1 saturated heterocycles. The molecule has 4 amide bonds. The van der Waals surface area contributed by atoms with Gasteiger partial charge in [0.2, 0.25) is 11.8 Å². The van der Waals surface area contributed by atoms with Crippen molar-refractivity contribution in [2.75, 3.05) is 11.9 Å². The van der Waals surface area contributed by atoms with Crippen LogP contribution in [0.3, 0.4) is 0 Å². The minimum Gasteiger partial charge on any atom is -0.385 e. The van der Waals surface area contributed by atoms with E-state index in [0.717, 1.165) is 59.8 Å². The first kappa shape index (κ1) is 25.0. The Morgan fingerprint density at radius 3 is 2.52 bits per heavy atom. The maximum atomic E-state index is 13.1. The lowest BCUT2D eigenvalue weighted by Crippen LogP contribution is -2.54. The lowest BCUT2D eigenvalue weighted by molar-refractivity contribution is -0.136. The van der Waals surface area contributed by atoms with Gasteiger partial charge < -0.3 is 5.32 Å². The average Bonchev–Trinajstić information content (AvgIpc) is 3.62. The minimum absolute atomic E-state index is 0.0955. The minimum atomic E-state index is -0.966. The fourth-order valence-corrected chi connectivity index (χ4v) is 6.09. The zero-order valence-corrected chi connectivity index (χ0v) is 22.4. The molecule has 2 saturated carbocycles. The summed E-state index contributed by atoms with van der Waals surface area (Å²) in [6.45, 7) is 0.730. The molecule has 11 heteroatoms. The Balaban J connectivity index is 0.989. The van der Waals surface area contributed by atoms with E-state index in [1.807, 2.05) is 6.07 Å². The van der Waals surface area contributed by atoms with Crippen LogP contribution < -0.4 is 10.6 Å². The number of imide groups is 2. The Kier molecular flexibility index (Phi) is 5.96. The number of carbonyl (C=O) groups is 4. The summed E-state index contributed by atoms with van der Waals surface area (Å²) >= 11 is 6.21. The largest absolute Gasteiger partial charge is 0.385 e. The van der Waals surface area contributed by atoms with Crippen molar-refractivity contribution in [3.8, 4) is 11.3 Å². The molecule has 4 aliphatic rings. The van der Waals surface area contributed by atoms with Crippen LogP contribution in [0.2, 0.25) is 5.02 Å². The quantitative estimate of drug-likeness (QED) is 0.421. The SMILES string of the molecule is O=C1CCC(N2C(=O)c3ccc(NC[C@H]4C[C@H](n5cc(-c6cc(Cl)ccn6)c(C6CC6)n5)C4)cc3C2=O)C(=O)N1. The number of amides is 4. The Morgan fingerprint density at radius 2 is 1.77 bits per heavy atom. The Bertz CT molecular complexity index is 1570. The third-order valence-corrected chi connectivity index (χ3v) is 8.58. The molecule has 2 N–H and O–H groups in total. The van der Waals surface area contributed by atoms with E-state index < -0.39 is 29.7 Å². The Hall–Kier alpha value is -4.05. The van der Waals surface area contributed by atoms with Gasteiger partial charge in [-0.05, 0) is 68.4 Å². The molecule has 7 rings (SSSR count). The number of halogens is 1. The second-order valence-electron chi connectivity index (χ2n) is 11.1. The van der Waals surface area contributed by atoms with Gasteiger partial charge in [0.15, 0.2) is 0 Å². The molecule has 0 radical (unpaired) electrons. The number of carbonyl (C=O) groups excluding carboxylic acids is 4. The Morgan fingerprint density at radius 1 is 0.975 bits per heavy atom. The second-order valence-corrected chi connectivity index (χ2v) is 11.6. The maximum Gasteiger partial charge on any atom is 0.262 e. The molecule has 204 valence electrons. The highest BCUT2D eigenvalue weighted by Gasteiger charge is 2.44. The van der Waals surface area contributed by atoms with Crippen molar-refractivity contribution < 1.29 is 19.2 Å². The number of hydrogen-bond donors (Lipinski definition) is 2. The highest BCUT2D eigenvalue weighted by atomic mass is 35.5. The van der Waals surface area contributed by atoms with Gasteiger partial charge in [-0.25, -0.2) is 0 Å². The molecule has 3 aromatic rings. The van der Waals surface area contributed by atoms with Crippen molar-refractivity contribution in [1.29, 1.82) is 0 Å². The van der Waals surface area contributed by atoms with E-state index in [4.69, 9.17) is 16.7 Å². The van der Waals surface area contributed by atoms with Gasteiger partial charge in [0.1, 0.15) is 6.04 Å². The molecule has 40 heavy (non-hydrogen) atoms. The fourth-order valence-electron chi connectivity index (χ4n) is 5.93. The van der Waals surface area contributed by atoms with Crippen LogP contribution in [0.15, 0.2) is 42.7 Å². The third kappa shape index (κ3) is 4.36. The lowest BCUT2D eigenvalue weighted by Gasteiger charge is -2.35. The van der Waals surface area contributed by atoms with Crippen LogP contribution in [0.5, 0.6) is 0 Å². The predicted octanol–water partition coefficient (Wildman–Crippen LogP) is 3.94. The molecule has 1 atom stereocenters. The summed E-state index contributed by atoms with van der Waals surface area (Å²) in [5, 5.41) is 11.2. The predicted molar refractivity (Wildman–Crippen MR) is 146 cm³/mol. The van der Waals surface area contributed by atoms with Crippen LogP contribution in [-0.2, 0) is 9.59 Å². The number of pyridine rings is 1. The lowest BCUT2D eigenvalue weighted by atomic mass is 9.80. The van der Waals surface area contributed by atoms with Crippen LogP contribution in [0.4, 0.5) is 5.69 Å². The molecule has 10 nitrogen and oxygen atoms in total. The van der Waals surface area contributed by atoms with Crippen molar-refractivity contribution in [3.63, 3.8) is 0 Å². The standard InChI is InChI=1S/C29H27ClN6O4/c30-17-7-8-31-23(11-17)22-14-35(34-26(22)16-1-2-16)19-9-15(10-19)13-32-18-3-4-20-21(12-18)29(40)36(28(20)39)24-5-6-25(37)33-27(24)38/h3-4,7-8,11-12,14-16,19,24,32H,1-2,5-6,9-10,13H2,(H,33,37,38)/t15-,19-,24?. The molecule has 2 aliphatic heterocycles. The smallest absolute Gasteiger partial charge is 0.262 e. The van der Waals surface area contributed by atoms with E-state index in [0.29, 0.717) is 22.9 Å². The molecule has 2 aliphatic carbocycles. The van der Waals surface area contributed by atoms with Gasteiger partial charge in [-0.15, -0.1) is 0 Å². The van der Waals surface area contributed by atoms with Crippen molar-refractivity contribution in [3.05, 3.63) is 64.6 Å². The van der Waals surface area contributed by atoms with Crippen molar-refractivity contribution in [2.45, 2.75) is 56.5 Å². The number of piperidine rings is 1. The molecule has 0 bridgehead atoms. The number of fused-ring (bicyclic) bond motifs is 1. The molecule has 0 spiro atoms. The highest BCUT2D eigenvalue weighted by Crippen LogP contribution is 2.45. The summed E-state index contributed by atoms with van der Waals surface area (Å²) in [5.74, 6) is -1.07. The van der Waals surface area contributed by atoms with E-state index in [1.165, 1.54) is 0 Å². The number of nitrogens with one attached hydrogen (secondary N) is 2. The zero-order chi connectivity index (χ0) is 27.5. The van der Waals surface area contributed by atoms with Gasteiger partial charge in [0, 0.05) is 47.6 Å². The number of nitrogens with zero attached hydrogens (tertiary/aromatic N) is 4. The van der Waals surface area contributed by atoms with Crippen LogP contribution in [0.25, 0.3) is 11.3 Å². The number of benzene rings is 1. The summed E-state index contributed by atoms with van der Waals surface area (Å²) in [6, 6.07) is 8.11. The first-order valence-electron chi connectivity index (χ1n) is 13.7. The summed E-state index contributed by atoms with van der Waals surface area (Å²) < 4.78 is 2.09. The topological polar surface area (TPSA) is 126 Å². The summed E-state index contributed by atoms with van der Waals surface area (Å²) in [7, 11) is 0. The average molecular weight is 559 g/mol. The van der Waals surface area contributed by atoms with E-state index in [2.05, 4.69) is 26.5 Å². The van der Waals surface area contributed by atoms with Gasteiger partial charge in [0.25, 0.3) is 11.8 Å². The summed E-state index contributed by atoms with van der Waals surface area (Å²) in [6.07, 6.45) is 8.34. The van der Waals surface area contributed by atoms with E-state index in [-0.39, 0.29) is 24.0 Å². The zero-order valence-electron chi connectivity index (χ0n) is 21.6. The molecule has 4 heterocycles. The van der Waals surface area contributed by atoms with Crippen LogP contribution in [0.1, 0.15) is 76.9 Å². The van der Waals surface area contributed by atoms with E-state index in [9.17, 15) is 19.2 Å². The highest BCUT2D eigenvalue weighted by molar-refractivity contribution is 6.30. The fraction of sp³-hybridized carbons (Fsp3) is 0.379. The molecule has 2 aromatic heterocycles. The van der Waals surface area contributed by atoms with Gasteiger partial charge in [-0.2, -0.15) is 5.10 Å². The number of aromatic nitrogens is 3. The Labute approximate surface area is 235 Å². The van der Waals surface area contributed by atoms with Crippen molar-refractivity contribution in [2.24, 2.45) is 5.92 Å². The van der Waals surface area contributed by atoms with Crippen LogP contribution >= 0.6 is 11.6 Å². The van der Waals surface area contributed by atoms with Gasteiger partial charge in [-0.3, -0.25) is 39.1 Å². The summed E-state index contributed by atoms with van der Waals surface area (Å²) in [5.41, 5.74) is 4.34.